The lowest BCUT2D eigenvalue weighted by atomic mass is 10.2. The monoisotopic (exact) mass is 354 g/mol. The summed E-state index contributed by atoms with van der Waals surface area (Å²) < 4.78 is 37.8. The maximum absolute atomic E-state index is 13.3. The van der Waals surface area contributed by atoms with Crippen molar-refractivity contribution < 1.29 is 23.0 Å². The van der Waals surface area contributed by atoms with Crippen molar-refractivity contribution in [2.45, 2.75) is 13.2 Å². The summed E-state index contributed by atoms with van der Waals surface area (Å²) in [6, 6.07) is 17.9. The smallest absolute Gasteiger partial charge is 0.162 e. The zero-order chi connectivity index (χ0) is 18.4. The molecule has 3 aromatic carbocycles. The van der Waals surface area contributed by atoms with Crippen LogP contribution in [0.4, 0.5) is 8.78 Å². The van der Waals surface area contributed by atoms with E-state index in [4.69, 9.17) is 9.47 Å². The molecule has 0 fully saturated rings. The molecule has 3 rings (SSSR count). The summed E-state index contributed by atoms with van der Waals surface area (Å²) in [4.78, 5) is 11.0. The molecule has 0 bridgehead atoms. The van der Waals surface area contributed by atoms with Crippen molar-refractivity contribution >= 4 is 6.29 Å². The molecule has 132 valence electrons. The highest BCUT2D eigenvalue weighted by Crippen LogP contribution is 2.29. The Labute approximate surface area is 149 Å². The number of carbonyl (C=O) groups is 1. The minimum atomic E-state index is -0.928. The van der Waals surface area contributed by atoms with E-state index in [1.807, 2.05) is 30.3 Å². The summed E-state index contributed by atoms with van der Waals surface area (Å²) in [5, 5.41) is 0. The van der Waals surface area contributed by atoms with Crippen LogP contribution in [0.25, 0.3) is 0 Å². The molecule has 0 aliphatic heterocycles. The second kappa shape index (κ2) is 8.25. The minimum absolute atomic E-state index is 0.0410. The molecule has 26 heavy (non-hydrogen) atoms. The van der Waals surface area contributed by atoms with Crippen LogP contribution in [0.15, 0.2) is 66.7 Å². The van der Waals surface area contributed by atoms with Gasteiger partial charge in [-0.05, 0) is 41.5 Å². The summed E-state index contributed by atoms with van der Waals surface area (Å²) in [5.41, 5.74) is 1.90. The van der Waals surface area contributed by atoms with Gasteiger partial charge in [-0.3, -0.25) is 4.79 Å². The molecule has 3 nitrogen and oxygen atoms in total. The van der Waals surface area contributed by atoms with Crippen LogP contribution >= 0.6 is 0 Å². The van der Waals surface area contributed by atoms with Crippen LogP contribution in [0.5, 0.6) is 11.5 Å². The van der Waals surface area contributed by atoms with Crippen molar-refractivity contribution in [1.29, 1.82) is 0 Å². The molecule has 3 aromatic rings. The van der Waals surface area contributed by atoms with Gasteiger partial charge in [-0.2, -0.15) is 0 Å². The summed E-state index contributed by atoms with van der Waals surface area (Å²) in [6.07, 6.45) is 0.717. The van der Waals surface area contributed by atoms with Crippen molar-refractivity contribution in [3.63, 3.8) is 0 Å². The van der Waals surface area contributed by atoms with Crippen molar-refractivity contribution in [3.05, 3.63) is 95.1 Å². The highest BCUT2D eigenvalue weighted by Gasteiger charge is 2.09. The Kier molecular flexibility index (Phi) is 5.59. The lowest BCUT2D eigenvalue weighted by Crippen LogP contribution is -2.02. The summed E-state index contributed by atoms with van der Waals surface area (Å²) in [5.74, 6) is -1.02. The number of hydrogen-bond acceptors (Lipinski definition) is 3. The number of rotatable bonds is 7. The van der Waals surface area contributed by atoms with Gasteiger partial charge in [-0.1, -0.05) is 36.4 Å². The average molecular weight is 354 g/mol. The third-order valence-corrected chi connectivity index (χ3v) is 3.72. The first-order valence-electron chi connectivity index (χ1n) is 7.98. The molecular weight excluding hydrogens is 338 g/mol. The minimum Gasteiger partial charge on any atom is -0.485 e. The predicted octanol–water partition coefficient (Wildman–Crippen LogP) is 4.94. The van der Waals surface area contributed by atoms with Crippen molar-refractivity contribution in [1.82, 2.24) is 0 Å². The van der Waals surface area contributed by atoms with E-state index in [-0.39, 0.29) is 6.61 Å². The number of benzene rings is 3. The number of halogens is 2. The summed E-state index contributed by atoms with van der Waals surface area (Å²) >= 11 is 0. The van der Waals surface area contributed by atoms with Gasteiger partial charge in [0.2, 0.25) is 0 Å². The highest BCUT2D eigenvalue weighted by molar-refractivity contribution is 5.76. The molecule has 0 N–H and O–H groups in total. The number of hydrogen-bond donors (Lipinski definition) is 0. The van der Waals surface area contributed by atoms with Gasteiger partial charge < -0.3 is 9.47 Å². The van der Waals surface area contributed by atoms with Crippen LogP contribution in [-0.4, -0.2) is 6.29 Å². The average Bonchev–Trinajstić information content (AvgIpc) is 2.68. The van der Waals surface area contributed by atoms with E-state index in [0.717, 1.165) is 17.7 Å². The topological polar surface area (TPSA) is 35.5 Å². The number of carbonyl (C=O) groups excluding carboxylic acids is 1. The SMILES string of the molecule is O=Cc1ccc(OCc2ccc(F)c(F)c2)c(OCc2ccccc2)c1. The van der Waals surface area contributed by atoms with E-state index in [9.17, 15) is 13.6 Å². The quantitative estimate of drug-likeness (QED) is 0.564. The van der Waals surface area contributed by atoms with E-state index in [0.29, 0.717) is 35.5 Å². The Hall–Kier alpha value is -3.21. The van der Waals surface area contributed by atoms with Gasteiger partial charge in [-0.25, -0.2) is 8.78 Å². The molecule has 0 radical (unpaired) electrons. The summed E-state index contributed by atoms with van der Waals surface area (Å²) in [7, 11) is 0. The zero-order valence-corrected chi connectivity index (χ0v) is 13.8. The molecule has 0 saturated heterocycles. The molecular formula is C21H16F2O3. The predicted molar refractivity (Wildman–Crippen MR) is 93.3 cm³/mol. The Morgan fingerprint density at radius 3 is 2.19 bits per heavy atom. The fourth-order valence-corrected chi connectivity index (χ4v) is 2.36. The van der Waals surface area contributed by atoms with Gasteiger partial charge in [0, 0.05) is 5.56 Å². The number of ether oxygens (including phenoxy) is 2. The molecule has 0 saturated carbocycles. The summed E-state index contributed by atoms with van der Waals surface area (Å²) in [6.45, 7) is 0.351. The standard InChI is InChI=1S/C21H16F2O3/c22-18-8-6-17(10-19(18)23)14-25-20-9-7-16(12-24)11-21(20)26-13-15-4-2-1-3-5-15/h1-12H,13-14H2. The fraction of sp³-hybridized carbons (Fsp3) is 0.0952. The van der Waals surface area contributed by atoms with Crippen molar-refractivity contribution in [2.24, 2.45) is 0 Å². The first-order valence-corrected chi connectivity index (χ1v) is 7.98. The highest BCUT2D eigenvalue weighted by atomic mass is 19.2. The van der Waals surface area contributed by atoms with E-state index in [1.54, 1.807) is 18.2 Å². The van der Waals surface area contributed by atoms with Crippen LogP contribution in [-0.2, 0) is 13.2 Å². The Balaban J connectivity index is 1.74. The third kappa shape index (κ3) is 4.45. The van der Waals surface area contributed by atoms with Gasteiger partial charge in [-0.15, -0.1) is 0 Å². The molecule has 0 aromatic heterocycles. The fourth-order valence-electron chi connectivity index (χ4n) is 2.36. The van der Waals surface area contributed by atoms with Crippen LogP contribution in [0, 0.1) is 11.6 Å². The largest absolute Gasteiger partial charge is 0.485 e. The maximum Gasteiger partial charge on any atom is 0.162 e. The normalized spacial score (nSPS) is 10.4. The maximum atomic E-state index is 13.3. The second-order valence-electron chi connectivity index (χ2n) is 5.64. The lowest BCUT2D eigenvalue weighted by molar-refractivity contribution is 0.112. The third-order valence-electron chi connectivity index (χ3n) is 3.72. The van der Waals surface area contributed by atoms with E-state index in [2.05, 4.69) is 0 Å². The Bertz CT molecular complexity index is 895. The van der Waals surface area contributed by atoms with Gasteiger partial charge in [0.15, 0.2) is 23.1 Å². The molecule has 0 spiro atoms. The lowest BCUT2D eigenvalue weighted by Gasteiger charge is -2.13. The van der Waals surface area contributed by atoms with Crippen LogP contribution in [0.3, 0.4) is 0 Å². The first-order chi connectivity index (χ1) is 12.7. The van der Waals surface area contributed by atoms with Crippen molar-refractivity contribution in [2.75, 3.05) is 0 Å². The number of aldehydes is 1. The second-order valence-corrected chi connectivity index (χ2v) is 5.64. The van der Waals surface area contributed by atoms with Gasteiger partial charge in [0.1, 0.15) is 19.5 Å². The molecule has 0 heterocycles. The molecule has 5 heteroatoms. The van der Waals surface area contributed by atoms with E-state index in [1.165, 1.54) is 6.07 Å². The van der Waals surface area contributed by atoms with Crippen LogP contribution in [0.1, 0.15) is 21.5 Å². The van der Waals surface area contributed by atoms with Crippen LogP contribution < -0.4 is 9.47 Å². The van der Waals surface area contributed by atoms with Crippen LogP contribution in [0.2, 0.25) is 0 Å². The molecule has 0 atom stereocenters. The van der Waals surface area contributed by atoms with Gasteiger partial charge >= 0.3 is 0 Å². The first kappa shape index (κ1) is 17.6. The van der Waals surface area contributed by atoms with Crippen molar-refractivity contribution in [3.8, 4) is 11.5 Å². The molecule has 0 aliphatic carbocycles. The Morgan fingerprint density at radius 1 is 0.731 bits per heavy atom. The van der Waals surface area contributed by atoms with Gasteiger partial charge in [0.05, 0.1) is 0 Å². The van der Waals surface area contributed by atoms with E-state index >= 15 is 0 Å². The van der Waals surface area contributed by atoms with Gasteiger partial charge in [0.25, 0.3) is 0 Å². The molecule has 0 amide bonds. The van der Waals surface area contributed by atoms with E-state index < -0.39 is 11.6 Å². The molecule has 0 aliphatic rings. The Morgan fingerprint density at radius 2 is 1.46 bits per heavy atom. The zero-order valence-electron chi connectivity index (χ0n) is 13.8. The molecule has 0 unspecified atom stereocenters.